The van der Waals surface area contributed by atoms with E-state index in [1.165, 1.54) is 18.1 Å². The minimum atomic E-state index is -0.519. The SMILES string of the molecule is CC(=O)OCCC1c2ccccc2CCC12OCCO2. The predicted octanol–water partition coefficient (Wildman–Crippen LogP) is 2.41. The molecule has 1 unspecified atom stereocenters. The quantitative estimate of drug-likeness (QED) is 0.795. The molecule has 1 aliphatic carbocycles. The van der Waals surface area contributed by atoms with Gasteiger partial charge in [0.2, 0.25) is 0 Å². The third-order valence-corrected chi connectivity index (χ3v) is 4.19. The number of esters is 1. The summed E-state index contributed by atoms with van der Waals surface area (Å²) in [5.41, 5.74) is 2.62. The first-order chi connectivity index (χ1) is 9.71. The van der Waals surface area contributed by atoms with Crippen molar-refractivity contribution in [2.75, 3.05) is 19.8 Å². The van der Waals surface area contributed by atoms with Crippen LogP contribution in [0.15, 0.2) is 24.3 Å². The standard InChI is InChI=1S/C16H20O4/c1-12(17)18-9-7-15-14-5-3-2-4-13(14)6-8-16(15)19-10-11-20-16/h2-5,15H,6-11H2,1H3. The molecule has 1 aromatic rings. The summed E-state index contributed by atoms with van der Waals surface area (Å²) in [5.74, 6) is -0.625. The summed E-state index contributed by atoms with van der Waals surface area (Å²) in [5, 5.41) is 0. The Hall–Kier alpha value is -1.39. The van der Waals surface area contributed by atoms with Crippen LogP contribution in [0, 0.1) is 0 Å². The number of hydrogen-bond donors (Lipinski definition) is 0. The lowest BCUT2D eigenvalue weighted by Crippen LogP contribution is -2.42. The Labute approximate surface area is 119 Å². The molecule has 2 aliphatic rings. The molecule has 1 aliphatic heterocycles. The molecule has 1 aromatic carbocycles. The van der Waals surface area contributed by atoms with Crippen molar-refractivity contribution < 1.29 is 19.0 Å². The van der Waals surface area contributed by atoms with Crippen LogP contribution in [0.1, 0.15) is 36.8 Å². The molecule has 0 aromatic heterocycles. The van der Waals surface area contributed by atoms with Crippen molar-refractivity contribution in [3.63, 3.8) is 0 Å². The first-order valence-corrected chi connectivity index (χ1v) is 7.20. The van der Waals surface area contributed by atoms with Gasteiger partial charge in [0.15, 0.2) is 5.79 Å². The summed E-state index contributed by atoms with van der Waals surface area (Å²) < 4.78 is 17.0. The van der Waals surface area contributed by atoms with Gasteiger partial charge in [-0.25, -0.2) is 0 Å². The summed E-state index contributed by atoms with van der Waals surface area (Å²) in [6.45, 7) is 3.13. The zero-order valence-corrected chi connectivity index (χ0v) is 11.8. The number of hydrogen-bond acceptors (Lipinski definition) is 4. The second-order valence-electron chi connectivity index (χ2n) is 5.39. The van der Waals surface area contributed by atoms with Crippen molar-refractivity contribution in [3.8, 4) is 0 Å². The largest absolute Gasteiger partial charge is 0.466 e. The number of carbonyl (C=O) groups excluding carboxylic acids is 1. The van der Waals surface area contributed by atoms with E-state index >= 15 is 0 Å². The average Bonchev–Trinajstić information content (AvgIpc) is 2.91. The second kappa shape index (κ2) is 5.54. The smallest absolute Gasteiger partial charge is 0.302 e. The van der Waals surface area contributed by atoms with Gasteiger partial charge in [-0.05, 0) is 24.0 Å². The van der Waals surface area contributed by atoms with Gasteiger partial charge in [0.25, 0.3) is 0 Å². The molecule has 0 radical (unpaired) electrons. The van der Waals surface area contributed by atoms with Gasteiger partial charge in [-0.2, -0.15) is 0 Å². The summed E-state index contributed by atoms with van der Waals surface area (Å²) in [6, 6.07) is 8.41. The number of ether oxygens (including phenoxy) is 3. The molecule has 0 bridgehead atoms. The third-order valence-electron chi connectivity index (χ3n) is 4.19. The van der Waals surface area contributed by atoms with Gasteiger partial charge >= 0.3 is 5.97 Å². The van der Waals surface area contributed by atoms with Gasteiger partial charge < -0.3 is 14.2 Å². The summed E-state index contributed by atoms with van der Waals surface area (Å²) in [7, 11) is 0. The molecular formula is C16H20O4. The highest BCUT2D eigenvalue weighted by atomic mass is 16.7. The van der Waals surface area contributed by atoms with E-state index in [0.717, 1.165) is 19.3 Å². The van der Waals surface area contributed by atoms with E-state index in [1.54, 1.807) is 0 Å². The van der Waals surface area contributed by atoms with E-state index in [9.17, 15) is 4.79 Å². The Morgan fingerprint density at radius 3 is 2.85 bits per heavy atom. The molecule has 0 amide bonds. The van der Waals surface area contributed by atoms with E-state index < -0.39 is 5.79 Å². The first kappa shape index (κ1) is 13.6. The molecule has 4 heteroatoms. The zero-order chi connectivity index (χ0) is 14.0. The maximum Gasteiger partial charge on any atom is 0.302 e. The topological polar surface area (TPSA) is 44.8 Å². The molecule has 0 N–H and O–H groups in total. The van der Waals surface area contributed by atoms with Crippen LogP contribution in [0.5, 0.6) is 0 Å². The lowest BCUT2D eigenvalue weighted by atomic mass is 9.76. The van der Waals surface area contributed by atoms with E-state index in [4.69, 9.17) is 14.2 Å². The van der Waals surface area contributed by atoms with Crippen molar-refractivity contribution in [1.29, 1.82) is 0 Å². The Morgan fingerprint density at radius 2 is 2.10 bits per heavy atom. The minimum Gasteiger partial charge on any atom is -0.466 e. The predicted molar refractivity (Wildman–Crippen MR) is 73.4 cm³/mol. The van der Waals surface area contributed by atoms with Crippen LogP contribution in [0.25, 0.3) is 0 Å². The maximum absolute atomic E-state index is 11.0. The zero-order valence-electron chi connectivity index (χ0n) is 11.8. The highest BCUT2D eigenvalue weighted by Crippen LogP contribution is 2.46. The van der Waals surface area contributed by atoms with Crippen molar-refractivity contribution >= 4 is 5.97 Å². The number of carbonyl (C=O) groups is 1. The molecule has 4 nitrogen and oxygen atoms in total. The summed E-state index contributed by atoms with van der Waals surface area (Å²) in [6.07, 6.45) is 2.57. The van der Waals surface area contributed by atoms with Gasteiger partial charge in [-0.15, -0.1) is 0 Å². The van der Waals surface area contributed by atoms with E-state index in [0.29, 0.717) is 19.8 Å². The van der Waals surface area contributed by atoms with Gasteiger partial charge in [-0.1, -0.05) is 24.3 Å². The first-order valence-electron chi connectivity index (χ1n) is 7.20. The fourth-order valence-corrected chi connectivity index (χ4v) is 3.33. The van der Waals surface area contributed by atoms with Crippen LogP contribution >= 0.6 is 0 Å². The molecule has 1 heterocycles. The van der Waals surface area contributed by atoms with Crippen molar-refractivity contribution in [3.05, 3.63) is 35.4 Å². The van der Waals surface area contributed by atoms with Crippen LogP contribution in [0.2, 0.25) is 0 Å². The van der Waals surface area contributed by atoms with Crippen LogP contribution in [-0.4, -0.2) is 31.6 Å². The Bertz CT molecular complexity index is 491. The Morgan fingerprint density at radius 1 is 1.35 bits per heavy atom. The van der Waals surface area contributed by atoms with Crippen LogP contribution in [-0.2, 0) is 25.4 Å². The number of benzene rings is 1. The highest BCUT2D eigenvalue weighted by Gasteiger charge is 2.47. The second-order valence-corrected chi connectivity index (χ2v) is 5.39. The third kappa shape index (κ3) is 2.45. The molecular weight excluding hydrogens is 256 g/mol. The number of fused-ring (bicyclic) bond motifs is 1. The van der Waals surface area contributed by atoms with Crippen molar-refractivity contribution in [1.82, 2.24) is 0 Å². The monoisotopic (exact) mass is 276 g/mol. The Kier molecular flexibility index (Phi) is 3.76. The lowest BCUT2D eigenvalue weighted by molar-refractivity contribution is -0.187. The van der Waals surface area contributed by atoms with Crippen LogP contribution < -0.4 is 0 Å². The van der Waals surface area contributed by atoms with Gasteiger partial charge in [0.05, 0.1) is 19.8 Å². The molecule has 1 fully saturated rings. The number of aryl methyl sites for hydroxylation is 1. The molecule has 108 valence electrons. The molecule has 1 saturated heterocycles. The maximum atomic E-state index is 11.0. The van der Waals surface area contributed by atoms with Gasteiger partial charge in [0, 0.05) is 19.3 Å². The average molecular weight is 276 g/mol. The van der Waals surface area contributed by atoms with Gasteiger partial charge in [-0.3, -0.25) is 4.79 Å². The Balaban J connectivity index is 1.84. The van der Waals surface area contributed by atoms with Crippen LogP contribution in [0.4, 0.5) is 0 Å². The molecule has 3 rings (SSSR count). The van der Waals surface area contributed by atoms with Crippen molar-refractivity contribution in [2.24, 2.45) is 0 Å². The van der Waals surface area contributed by atoms with Gasteiger partial charge in [0.1, 0.15) is 0 Å². The summed E-state index contributed by atoms with van der Waals surface area (Å²) >= 11 is 0. The minimum absolute atomic E-state index is 0.134. The number of rotatable bonds is 3. The fraction of sp³-hybridized carbons (Fsp3) is 0.562. The van der Waals surface area contributed by atoms with E-state index in [1.807, 2.05) is 6.07 Å². The molecule has 0 saturated carbocycles. The fourth-order valence-electron chi connectivity index (χ4n) is 3.33. The molecule has 1 spiro atoms. The molecule has 20 heavy (non-hydrogen) atoms. The van der Waals surface area contributed by atoms with E-state index in [2.05, 4.69) is 18.2 Å². The van der Waals surface area contributed by atoms with Crippen LogP contribution in [0.3, 0.4) is 0 Å². The normalized spacial score (nSPS) is 23.6. The lowest BCUT2D eigenvalue weighted by Gasteiger charge is -2.40. The molecule has 1 atom stereocenters. The highest BCUT2D eigenvalue weighted by molar-refractivity contribution is 5.65. The summed E-state index contributed by atoms with van der Waals surface area (Å²) in [4.78, 5) is 11.0. The van der Waals surface area contributed by atoms with E-state index in [-0.39, 0.29) is 11.9 Å². The van der Waals surface area contributed by atoms with Crippen molar-refractivity contribution in [2.45, 2.75) is 37.9 Å².